The second-order valence-corrected chi connectivity index (χ2v) is 3.96. The van der Waals surface area contributed by atoms with Gasteiger partial charge < -0.3 is 4.74 Å². The molecule has 0 heterocycles. The van der Waals surface area contributed by atoms with E-state index in [-0.39, 0.29) is 0 Å². The number of rotatable bonds is 1. The molecule has 0 unspecified atom stereocenters. The summed E-state index contributed by atoms with van der Waals surface area (Å²) in [5.74, 6) is 1.77. The van der Waals surface area contributed by atoms with Gasteiger partial charge in [-0.05, 0) is 48.4 Å². The molecule has 0 aliphatic heterocycles. The third kappa shape index (κ3) is 5.67. The normalized spacial score (nSPS) is 14.7. The molecule has 0 bridgehead atoms. The maximum Gasteiger partial charge on any atom is 0.122 e. The average Bonchev–Trinajstić information content (AvgIpc) is 2.85. The first-order chi connectivity index (χ1) is 9.22. The number of ether oxygens (including phenoxy) is 1. The summed E-state index contributed by atoms with van der Waals surface area (Å²) in [5.41, 5.74) is 4.27. The molecule has 0 radical (unpaired) electrons. The SMILES string of the molecule is CC.CC.CC.COc1cc2c(cc1C)[C@@H](C)CC2. The van der Waals surface area contributed by atoms with Gasteiger partial charge in [0.2, 0.25) is 0 Å². The Bertz CT molecular complexity index is 329. The molecule has 0 fully saturated rings. The molecular weight excluding hydrogens is 232 g/mol. The van der Waals surface area contributed by atoms with Crippen LogP contribution in [0.3, 0.4) is 0 Å². The van der Waals surface area contributed by atoms with E-state index in [1.165, 1.54) is 29.5 Å². The van der Waals surface area contributed by atoms with Gasteiger partial charge in [-0.1, -0.05) is 54.5 Å². The van der Waals surface area contributed by atoms with Gasteiger partial charge in [-0.15, -0.1) is 0 Å². The van der Waals surface area contributed by atoms with Gasteiger partial charge in [-0.3, -0.25) is 0 Å². The van der Waals surface area contributed by atoms with Crippen molar-refractivity contribution in [3.8, 4) is 5.75 Å². The summed E-state index contributed by atoms with van der Waals surface area (Å²) < 4.78 is 5.31. The minimum Gasteiger partial charge on any atom is -0.496 e. The summed E-state index contributed by atoms with van der Waals surface area (Å²) in [6.45, 7) is 16.4. The molecule has 1 aromatic rings. The summed E-state index contributed by atoms with van der Waals surface area (Å²) in [5, 5.41) is 0. The van der Waals surface area contributed by atoms with Gasteiger partial charge in [0, 0.05) is 0 Å². The largest absolute Gasteiger partial charge is 0.496 e. The van der Waals surface area contributed by atoms with Crippen LogP contribution in [0.15, 0.2) is 12.1 Å². The van der Waals surface area contributed by atoms with Crippen molar-refractivity contribution in [3.05, 3.63) is 28.8 Å². The van der Waals surface area contributed by atoms with E-state index in [9.17, 15) is 0 Å². The van der Waals surface area contributed by atoms with E-state index < -0.39 is 0 Å². The molecule has 112 valence electrons. The predicted molar refractivity (Wildman–Crippen MR) is 88.5 cm³/mol. The third-order valence-electron chi connectivity index (χ3n) is 3.03. The second-order valence-electron chi connectivity index (χ2n) is 3.96. The molecule has 0 aromatic heterocycles. The Hall–Kier alpha value is -0.980. The number of fused-ring (bicyclic) bond motifs is 1. The Morgan fingerprint density at radius 1 is 1.00 bits per heavy atom. The molecule has 0 spiro atoms. The molecule has 1 aromatic carbocycles. The van der Waals surface area contributed by atoms with Crippen LogP contribution in [0.25, 0.3) is 0 Å². The molecule has 2 rings (SSSR count). The lowest BCUT2D eigenvalue weighted by atomic mass is 10.0. The van der Waals surface area contributed by atoms with E-state index in [1.54, 1.807) is 7.11 Å². The van der Waals surface area contributed by atoms with Gasteiger partial charge in [-0.2, -0.15) is 0 Å². The van der Waals surface area contributed by atoms with Crippen LogP contribution in [-0.4, -0.2) is 7.11 Å². The van der Waals surface area contributed by atoms with Gasteiger partial charge in [0.1, 0.15) is 5.75 Å². The first-order valence-corrected chi connectivity index (χ1v) is 7.89. The van der Waals surface area contributed by atoms with Crippen molar-refractivity contribution in [1.29, 1.82) is 0 Å². The zero-order chi connectivity index (χ0) is 15.4. The van der Waals surface area contributed by atoms with E-state index >= 15 is 0 Å². The number of hydrogen-bond donors (Lipinski definition) is 0. The summed E-state index contributed by atoms with van der Waals surface area (Å²) >= 11 is 0. The van der Waals surface area contributed by atoms with Crippen molar-refractivity contribution >= 4 is 0 Å². The Balaban J connectivity index is 0. The van der Waals surface area contributed by atoms with E-state index in [2.05, 4.69) is 26.0 Å². The molecule has 0 amide bonds. The Labute approximate surface area is 121 Å². The fourth-order valence-corrected chi connectivity index (χ4v) is 2.18. The Morgan fingerprint density at radius 3 is 2.00 bits per heavy atom. The van der Waals surface area contributed by atoms with Gasteiger partial charge in [-0.25, -0.2) is 0 Å². The molecule has 0 saturated carbocycles. The van der Waals surface area contributed by atoms with Crippen molar-refractivity contribution in [2.24, 2.45) is 0 Å². The first-order valence-electron chi connectivity index (χ1n) is 7.89. The fourth-order valence-electron chi connectivity index (χ4n) is 2.18. The predicted octanol–water partition coefficient (Wildman–Crippen LogP) is 6.13. The van der Waals surface area contributed by atoms with Gasteiger partial charge in [0.15, 0.2) is 0 Å². The number of benzene rings is 1. The zero-order valence-electron chi connectivity index (χ0n) is 14.6. The van der Waals surface area contributed by atoms with Gasteiger partial charge in [0.05, 0.1) is 7.11 Å². The highest BCUT2D eigenvalue weighted by Crippen LogP contribution is 2.36. The van der Waals surface area contributed by atoms with Crippen LogP contribution in [0, 0.1) is 6.92 Å². The minimum atomic E-state index is 0.736. The Morgan fingerprint density at radius 2 is 1.53 bits per heavy atom. The van der Waals surface area contributed by atoms with E-state index in [0.717, 1.165) is 11.7 Å². The van der Waals surface area contributed by atoms with Gasteiger partial charge >= 0.3 is 0 Å². The molecule has 1 aliphatic rings. The highest BCUT2D eigenvalue weighted by Gasteiger charge is 2.19. The maximum atomic E-state index is 5.31. The molecular formula is C18H34O. The van der Waals surface area contributed by atoms with Crippen LogP contribution in [0.5, 0.6) is 5.75 Å². The molecule has 0 N–H and O–H groups in total. The van der Waals surface area contributed by atoms with Crippen molar-refractivity contribution < 1.29 is 4.74 Å². The smallest absolute Gasteiger partial charge is 0.122 e. The average molecular weight is 266 g/mol. The standard InChI is InChI=1S/C12H16O.3C2H6/c1-8-4-5-10-7-12(13-3)9(2)6-11(8)10;3*1-2/h6-8H,4-5H2,1-3H3;3*1-2H3/t8-;;;/m0.../s1. The number of aryl methyl sites for hydroxylation is 2. The molecule has 1 aliphatic carbocycles. The first kappa shape index (κ1) is 20.3. The lowest BCUT2D eigenvalue weighted by Crippen LogP contribution is -1.92. The Kier molecular flexibility index (Phi) is 12.9. The van der Waals surface area contributed by atoms with Crippen molar-refractivity contribution in [2.75, 3.05) is 7.11 Å². The van der Waals surface area contributed by atoms with Crippen molar-refractivity contribution in [2.45, 2.75) is 74.1 Å². The molecule has 0 saturated heterocycles. The van der Waals surface area contributed by atoms with E-state index in [1.807, 2.05) is 41.5 Å². The van der Waals surface area contributed by atoms with Crippen LogP contribution in [0.2, 0.25) is 0 Å². The highest BCUT2D eigenvalue weighted by molar-refractivity contribution is 5.45. The zero-order valence-corrected chi connectivity index (χ0v) is 14.6. The summed E-state index contributed by atoms with van der Waals surface area (Å²) in [6, 6.07) is 4.49. The molecule has 19 heavy (non-hydrogen) atoms. The van der Waals surface area contributed by atoms with Crippen LogP contribution >= 0.6 is 0 Å². The quantitative estimate of drug-likeness (QED) is 0.594. The van der Waals surface area contributed by atoms with Crippen LogP contribution in [0.1, 0.15) is 77.5 Å². The number of methoxy groups -OCH3 is 1. The third-order valence-corrected chi connectivity index (χ3v) is 3.03. The number of hydrogen-bond acceptors (Lipinski definition) is 1. The van der Waals surface area contributed by atoms with Crippen molar-refractivity contribution in [3.63, 3.8) is 0 Å². The maximum absolute atomic E-state index is 5.31. The van der Waals surface area contributed by atoms with E-state index in [0.29, 0.717) is 0 Å². The lowest BCUT2D eigenvalue weighted by molar-refractivity contribution is 0.411. The van der Waals surface area contributed by atoms with Crippen molar-refractivity contribution in [1.82, 2.24) is 0 Å². The highest BCUT2D eigenvalue weighted by atomic mass is 16.5. The van der Waals surface area contributed by atoms with Crippen LogP contribution in [-0.2, 0) is 6.42 Å². The summed E-state index contributed by atoms with van der Waals surface area (Å²) in [4.78, 5) is 0. The summed E-state index contributed by atoms with van der Waals surface area (Å²) in [6.07, 6.45) is 2.51. The fraction of sp³-hybridized carbons (Fsp3) is 0.667. The second kappa shape index (κ2) is 12.1. The molecule has 1 nitrogen and oxygen atoms in total. The topological polar surface area (TPSA) is 9.23 Å². The van der Waals surface area contributed by atoms with Crippen LogP contribution < -0.4 is 4.74 Å². The molecule has 1 atom stereocenters. The summed E-state index contributed by atoms with van der Waals surface area (Å²) in [7, 11) is 1.74. The van der Waals surface area contributed by atoms with E-state index in [4.69, 9.17) is 4.74 Å². The minimum absolute atomic E-state index is 0.736. The molecule has 1 heteroatoms. The monoisotopic (exact) mass is 266 g/mol. The van der Waals surface area contributed by atoms with Gasteiger partial charge in [0.25, 0.3) is 0 Å². The van der Waals surface area contributed by atoms with Crippen LogP contribution in [0.4, 0.5) is 0 Å². The lowest BCUT2D eigenvalue weighted by Gasteiger charge is -2.09.